The van der Waals surface area contributed by atoms with Crippen molar-refractivity contribution in [1.82, 2.24) is 0 Å². The van der Waals surface area contributed by atoms with Gasteiger partial charge in [-0.05, 0) is 12.8 Å². The van der Waals surface area contributed by atoms with E-state index in [9.17, 15) is 0 Å². The molecule has 0 unspecified atom stereocenters. The molecule has 0 aromatic carbocycles. The third-order valence-electron chi connectivity index (χ3n) is 0.594. The first-order chi connectivity index (χ1) is 3.41. The Morgan fingerprint density at radius 3 is 2.71 bits per heavy atom. The second-order valence-electron chi connectivity index (χ2n) is 1.19. The van der Waals surface area contributed by atoms with Gasteiger partial charge in [-0.25, -0.2) is 0 Å². The monoisotopic (exact) mass is 182 g/mol. The van der Waals surface area contributed by atoms with Crippen LogP contribution in [0.5, 0.6) is 0 Å². The molecular weight excluding hydrogens is 175 g/mol. The van der Waals surface area contributed by atoms with Crippen LogP contribution in [0, 0.1) is 0 Å². The Morgan fingerprint density at radius 2 is 2.29 bits per heavy atom. The number of halogens is 2. The molecule has 0 rings (SSSR count). The van der Waals surface area contributed by atoms with E-state index in [1.807, 2.05) is 6.08 Å². The molecule has 0 saturated carbocycles. The fraction of sp³-hybridized carbons (Fsp3) is 0.600. The minimum absolute atomic E-state index is 1.06. The summed E-state index contributed by atoms with van der Waals surface area (Å²) < 4.78 is 0. The van der Waals surface area contributed by atoms with Crippen molar-refractivity contribution in [3.05, 3.63) is 11.6 Å². The second kappa shape index (κ2) is 6.51. The van der Waals surface area contributed by atoms with Crippen LogP contribution in [0.15, 0.2) is 11.6 Å². The highest BCUT2D eigenvalue weighted by Crippen LogP contribution is 1.94. The summed E-state index contributed by atoms with van der Waals surface area (Å²) in [6.07, 6.45) is 4.20. The molecule has 0 aliphatic carbocycles. The van der Waals surface area contributed by atoms with Gasteiger partial charge in [0, 0.05) is 10.9 Å². The summed E-state index contributed by atoms with van der Waals surface area (Å²) >= 11 is 8.54. The van der Waals surface area contributed by atoms with Gasteiger partial charge in [-0.3, -0.25) is 0 Å². The summed E-state index contributed by atoms with van der Waals surface area (Å²) in [5, 5.41) is 1.06. The third kappa shape index (κ3) is 6.51. The van der Waals surface area contributed by atoms with Gasteiger partial charge in [-0.1, -0.05) is 33.6 Å². The SMILES string of the molecule is ClC=CCCCBr. The molecule has 0 amide bonds. The number of hydrogen-bond acceptors (Lipinski definition) is 0. The Hall–Kier alpha value is 0.510. The molecular formula is C5H8BrCl. The Morgan fingerprint density at radius 1 is 1.57 bits per heavy atom. The van der Waals surface area contributed by atoms with Crippen LogP contribution in [0.2, 0.25) is 0 Å². The van der Waals surface area contributed by atoms with Crippen LogP contribution in [-0.2, 0) is 0 Å². The average Bonchev–Trinajstić information content (AvgIpc) is 1.69. The van der Waals surface area contributed by atoms with Gasteiger partial charge >= 0.3 is 0 Å². The zero-order chi connectivity index (χ0) is 5.54. The molecule has 0 bridgehead atoms. The van der Waals surface area contributed by atoms with Gasteiger partial charge in [0.1, 0.15) is 0 Å². The zero-order valence-corrected chi connectivity index (χ0v) is 6.37. The minimum Gasteiger partial charge on any atom is -0.0933 e. The van der Waals surface area contributed by atoms with Crippen molar-refractivity contribution in [2.24, 2.45) is 0 Å². The van der Waals surface area contributed by atoms with Crippen molar-refractivity contribution in [2.45, 2.75) is 12.8 Å². The van der Waals surface area contributed by atoms with E-state index in [4.69, 9.17) is 11.6 Å². The molecule has 42 valence electrons. The number of allylic oxidation sites excluding steroid dienone is 1. The van der Waals surface area contributed by atoms with Crippen LogP contribution >= 0.6 is 27.5 Å². The molecule has 0 aliphatic rings. The lowest BCUT2D eigenvalue weighted by molar-refractivity contribution is 0.981. The van der Waals surface area contributed by atoms with Crippen LogP contribution in [0.1, 0.15) is 12.8 Å². The van der Waals surface area contributed by atoms with E-state index >= 15 is 0 Å². The quantitative estimate of drug-likeness (QED) is 0.466. The Balaban J connectivity index is 2.69. The Kier molecular flexibility index (Phi) is 6.98. The molecule has 0 atom stereocenters. The van der Waals surface area contributed by atoms with E-state index in [1.54, 1.807) is 5.54 Å². The maximum Gasteiger partial charge on any atom is 0.00342 e. The maximum atomic E-state index is 5.24. The highest BCUT2D eigenvalue weighted by Gasteiger charge is 1.75. The molecule has 0 aromatic rings. The lowest BCUT2D eigenvalue weighted by Crippen LogP contribution is -1.67. The van der Waals surface area contributed by atoms with Crippen molar-refractivity contribution in [1.29, 1.82) is 0 Å². The maximum absolute atomic E-state index is 5.24. The molecule has 0 saturated heterocycles. The number of unbranched alkanes of at least 4 members (excludes halogenated alkanes) is 1. The Labute approximate surface area is 57.7 Å². The summed E-state index contributed by atoms with van der Waals surface area (Å²) in [6.45, 7) is 0. The van der Waals surface area contributed by atoms with Crippen LogP contribution in [0.3, 0.4) is 0 Å². The first-order valence-electron chi connectivity index (χ1n) is 2.23. The second-order valence-corrected chi connectivity index (χ2v) is 2.24. The van der Waals surface area contributed by atoms with E-state index in [1.165, 1.54) is 6.42 Å². The fourth-order valence-corrected chi connectivity index (χ4v) is 0.708. The fourth-order valence-electron chi connectivity index (χ4n) is 0.258. The van der Waals surface area contributed by atoms with Crippen molar-refractivity contribution < 1.29 is 0 Å². The van der Waals surface area contributed by atoms with Gasteiger partial charge in [0.25, 0.3) is 0 Å². The van der Waals surface area contributed by atoms with Gasteiger partial charge in [0.2, 0.25) is 0 Å². The van der Waals surface area contributed by atoms with Gasteiger partial charge in [0.15, 0.2) is 0 Å². The van der Waals surface area contributed by atoms with Crippen LogP contribution < -0.4 is 0 Å². The van der Waals surface area contributed by atoms with E-state index in [2.05, 4.69) is 15.9 Å². The predicted octanol–water partition coefficient (Wildman–Crippen LogP) is 2.91. The molecule has 7 heavy (non-hydrogen) atoms. The van der Waals surface area contributed by atoms with Crippen LogP contribution in [-0.4, -0.2) is 5.33 Å². The summed E-state index contributed by atoms with van der Waals surface area (Å²) in [4.78, 5) is 0. The molecule has 0 spiro atoms. The first kappa shape index (κ1) is 7.51. The number of alkyl halides is 1. The Bertz CT molecular complexity index is 52.0. The van der Waals surface area contributed by atoms with Crippen molar-refractivity contribution in [2.75, 3.05) is 5.33 Å². The summed E-state index contributed by atoms with van der Waals surface area (Å²) in [7, 11) is 0. The van der Waals surface area contributed by atoms with E-state index in [0.717, 1.165) is 11.8 Å². The molecule has 0 heterocycles. The molecule has 0 aliphatic heterocycles. The van der Waals surface area contributed by atoms with Gasteiger partial charge in [-0.2, -0.15) is 0 Å². The van der Waals surface area contributed by atoms with Crippen LogP contribution in [0.4, 0.5) is 0 Å². The highest BCUT2D eigenvalue weighted by atomic mass is 79.9. The molecule has 0 fully saturated rings. The molecule has 0 N–H and O–H groups in total. The largest absolute Gasteiger partial charge is 0.0933 e. The average molecular weight is 183 g/mol. The smallest absolute Gasteiger partial charge is 0.00342 e. The molecule has 0 aromatic heterocycles. The topological polar surface area (TPSA) is 0 Å². The van der Waals surface area contributed by atoms with Crippen molar-refractivity contribution >= 4 is 27.5 Å². The zero-order valence-electron chi connectivity index (χ0n) is 4.03. The minimum atomic E-state index is 1.06. The van der Waals surface area contributed by atoms with Gasteiger partial charge < -0.3 is 0 Å². The lowest BCUT2D eigenvalue weighted by Gasteiger charge is -1.81. The van der Waals surface area contributed by atoms with E-state index < -0.39 is 0 Å². The number of hydrogen-bond donors (Lipinski definition) is 0. The van der Waals surface area contributed by atoms with Gasteiger partial charge in [0.05, 0.1) is 0 Å². The van der Waals surface area contributed by atoms with E-state index in [-0.39, 0.29) is 0 Å². The highest BCUT2D eigenvalue weighted by molar-refractivity contribution is 9.09. The third-order valence-corrected chi connectivity index (χ3v) is 1.33. The predicted molar refractivity (Wildman–Crippen MR) is 38.0 cm³/mol. The summed E-state index contributed by atoms with van der Waals surface area (Å²) in [5.41, 5.74) is 1.56. The molecule has 0 radical (unpaired) electrons. The van der Waals surface area contributed by atoms with E-state index in [0.29, 0.717) is 0 Å². The first-order valence-corrected chi connectivity index (χ1v) is 3.78. The van der Waals surface area contributed by atoms with Crippen LogP contribution in [0.25, 0.3) is 0 Å². The normalized spacial score (nSPS) is 10.6. The van der Waals surface area contributed by atoms with Crippen molar-refractivity contribution in [3.8, 4) is 0 Å². The molecule has 0 nitrogen and oxygen atoms in total. The lowest BCUT2D eigenvalue weighted by atomic mass is 10.3. The summed E-state index contributed by atoms with van der Waals surface area (Å²) in [5.74, 6) is 0. The van der Waals surface area contributed by atoms with Gasteiger partial charge in [-0.15, -0.1) is 0 Å². The summed E-state index contributed by atoms with van der Waals surface area (Å²) in [6, 6.07) is 0. The number of rotatable bonds is 3. The standard InChI is InChI=1S/C5H8BrCl/c6-4-2-1-3-5-7/h3,5H,1-2,4H2. The molecule has 2 heteroatoms. The van der Waals surface area contributed by atoms with Crippen molar-refractivity contribution in [3.63, 3.8) is 0 Å².